The van der Waals surface area contributed by atoms with Crippen molar-refractivity contribution in [1.29, 1.82) is 0 Å². The standard InChI is InChI=1S/C24H28N8O3/c1-16-14-19(26-23(25-16)31-10-12-35-13-11-31)22-27-21(28-29-22)18-3-2-17(32(33)34)15-20(18)30-8-6-24(4-5-24)7-9-30/h2-3,14-15H,4-13H2,1H3,(H,27,28,29). The average molecular weight is 477 g/mol. The number of benzene rings is 1. The number of H-pyrrole nitrogens is 1. The maximum atomic E-state index is 11.5. The van der Waals surface area contributed by atoms with Gasteiger partial charge in [-0.3, -0.25) is 15.2 Å². The number of non-ortho nitro benzene ring substituents is 1. The molecule has 1 aromatic carbocycles. The molecule has 1 N–H and O–H groups in total. The van der Waals surface area contributed by atoms with Crippen molar-refractivity contribution in [2.45, 2.75) is 32.6 Å². The highest BCUT2D eigenvalue weighted by Crippen LogP contribution is 2.54. The number of nitrogens with one attached hydrogen (secondary N) is 1. The number of piperidine rings is 1. The maximum Gasteiger partial charge on any atom is 0.271 e. The molecule has 0 amide bonds. The highest BCUT2D eigenvalue weighted by Gasteiger charge is 2.44. The first-order valence-electron chi connectivity index (χ1n) is 12.1. The topological polar surface area (TPSA) is 126 Å². The summed E-state index contributed by atoms with van der Waals surface area (Å²) in [7, 11) is 0. The Balaban J connectivity index is 1.33. The Morgan fingerprint density at radius 2 is 1.77 bits per heavy atom. The molecule has 11 heteroatoms. The summed E-state index contributed by atoms with van der Waals surface area (Å²) in [4.78, 5) is 29.6. The lowest BCUT2D eigenvalue weighted by Crippen LogP contribution is -2.37. The molecule has 1 saturated carbocycles. The number of hydrogen-bond donors (Lipinski definition) is 1. The second-order valence-electron chi connectivity index (χ2n) is 9.75. The molecule has 35 heavy (non-hydrogen) atoms. The minimum Gasteiger partial charge on any atom is -0.378 e. The van der Waals surface area contributed by atoms with Crippen molar-refractivity contribution < 1.29 is 9.66 Å². The Hall–Kier alpha value is -3.60. The molecule has 1 aliphatic carbocycles. The van der Waals surface area contributed by atoms with Gasteiger partial charge in [-0.15, -0.1) is 0 Å². The van der Waals surface area contributed by atoms with Crippen molar-refractivity contribution in [1.82, 2.24) is 25.1 Å². The fourth-order valence-electron chi connectivity index (χ4n) is 5.06. The van der Waals surface area contributed by atoms with Gasteiger partial charge in [0.25, 0.3) is 5.69 Å². The molecular formula is C24H28N8O3. The number of nitro groups is 1. The third-order valence-corrected chi connectivity index (χ3v) is 7.42. The van der Waals surface area contributed by atoms with E-state index in [1.54, 1.807) is 12.1 Å². The first kappa shape index (κ1) is 21.9. The number of anilines is 2. The third-order valence-electron chi connectivity index (χ3n) is 7.42. The Bertz CT molecular complexity index is 1260. The van der Waals surface area contributed by atoms with Crippen LogP contribution in [0.2, 0.25) is 0 Å². The SMILES string of the molecule is Cc1cc(-c2nc(-c3ccc([N+](=O)[O-])cc3N3CCC4(CC3)CC4)n[nH]2)nc(N2CCOCC2)n1. The molecule has 2 saturated heterocycles. The van der Waals surface area contributed by atoms with Crippen LogP contribution in [0, 0.1) is 22.5 Å². The molecule has 3 aromatic rings. The largest absolute Gasteiger partial charge is 0.378 e. The van der Waals surface area contributed by atoms with Crippen LogP contribution >= 0.6 is 0 Å². The summed E-state index contributed by atoms with van der Waals surface area (Å²) in [5, 5.41) is 19.0. The van der Waals surface area contributed by atoms with E-state index in [9.17, 15) is 10.1 Å². The van der Waals surface area contributed by atoms with Crippen molar-refractivity contribution in [3.63, 3.8) is 0 Å². The quantitative estimate of drug-likeness (QED) is 0.436. The zero-order chi connectivity index (χ0) is 24.0. The van der Waals surface area contributed by atoms with E-state index < -0.39 is 0 Å². The summed E-state index contributed by atoms with van der Waals surface area (Å²) in [5.41, 5.74) is 3.69. The third kappa shape index (κ3) is 4.31. The van der Waals surface area contributed by atoms with Crippen LogP contribution in [-0.4, -0.2) is 69.5 Å². The Morgan fingerprint density at radius 1 is 1.00 bits per heavy atom. The predicted molar refractivity (Wildman–Crippen MR) is 130 cm³/mol. The van der Waals surface area contributed by atoms with E-state index in [0.29, 0.717) is 41.9 Å². The summed E-state index contributed by atoms with van der Waals surface area (Å²) in [6, 6.07) is 6.81. The number of ether oxygens (including phenoxy) is 1. The molecule has 0 bridgehead atoms. The zero-order valence-electron chi connectivity index (χ0n) is 19.7. The van der Waals surface area contributed by atoms with Gasteiger partial charge in [-0.25, -0.2) is 15.0 Å². The molecule has 182 valence electrons. The summed E-state index contributed by atoms with van der Waals surface area (Å²) in [5.74, 6) is 1.69. The number of aromatic nitrogens is 5. The van der Waals surface area contributed by atoms with Gasteiger partial charge in [0.15, 0.2) is 11.6 Å². The van der Waals surface area contributed by atoms with Crippen molar-refractivity contribution in [3.05, 3.63) is 40.1 Å². The number of aromatic amines is 1. The van der Waals surface area contributed by atoms with E-state index in [2.05, 4.69) is 25.0 Å². The van der Waals surface area contributed by atoms with Crippen molar-refractivity contribution in [2.24, 2.45) is 5.41 Å². The van der Waals surface area contributed by atoms with E-state index in [0.717, 1.165) is 56.0 Å². The number of nitro benzene ring substituents is 1. The Morgan fingerprint density at radius 3 is 2.49 bits per heavy atom. The molecule has 4 heterocycles. The Labute approximate surface area is 202 Å². The highest BCUT2D eigenvalue weighted by atomic mass is 16.6. The number of nitrogens with zero attached hydrogens (tertiary/aromatic N) is 7. The van der Waals surface area contributed by atoms with Gasteiger partial charge in [0.1, 0.15) is 5.69 Å². The predicted octanol–water partition coefficient (Wildman–Crippen LogP) is 3.36. The molecule has 0 atom stereocenters. The number of morpholine rings is 1. The zero-order valence-corrected chi connectivity index (χ0v) is 19.7. The molecular weight excluding hydrogens is 448 g/mol. The van der Waals surface area contributed by atoms with E-state index >= 15 is 0 Å². The van der Waals surface area contributed by atoms with Crippen LogP contribution < -0.4 is 9.80 Å². The molecule has 0 unspecified atom stereocenters. The van der Waals surface area contributed by atoms with Crippen LogP contribution in [0.3, 0.4) is 0 Å². The average Bonchev–Trinajstić information content (AvgIpc) is 3.44. The van der Waals surface area contributed by atoms with Gasteiger partial charge < -0.3 is 14.5 Å². The van der Waals surface area contributed by atoms with E-state index in [1.807, 2.05) is 13.0 Å². The Kier molecular flexibility index (Phi) is 5.36. The van der Waals surface area contributed by atoms with E-state index in [-0.39, 0.29) is 10.6 Å². The van der Waals surface area contributed by atoms with Gasteiger partial charge >= 0.3 is 0 Å². The number of rotatable bonds is 5. The van der Waals surface area contributed by atoms with Crippen molar-refractivity contribution >= 4 is 17.3 Å². The van der Waals surface area contributed by atoms with Crippen LogP contribution in [0.1, 0.15) is 31.4 Å². The molecule has 11 nitrogen and oxygen atoms in total. The molecule has 3 aliphatic rings. The van der Waals surface area contributed by atoms with Crippen LogP contribution in [0.4, 0.5) is 17.3 Å². The van der Waals surface area contributed by atoms with Crippen molar-refractivity contribution in [2.75, 3.05) is 49.2 Å². The van der Waals surface area contributed by atoms with Gasteiger partial charge in [0.05, 0.1) is 23.8 Å². The van der Waals surface area contributed by atoms with E-state index in [1.165, 1.54) is 18.9 Å². The normalized spacial score (nSPS) is 19.2. The summed E-state index contributed by atoms with van der Waals surface area (Å²) in [6.07, 6.45) is 4.85. The summed E-state index contributed by atoms with van der Waals surface area (Å²) >= 11 is 0. The minimum atomic E-state index is -0.347. The second-order valence-corrected chi connectivity index (χ2v) is 9.75. The highest BCUT2D eigenvalue weighted by molar-refractivity contribution is 5.77. The van der Waals surface area contributed by atoms with Crippen LogP contribution in [0.15, 0.2) is 24.3 Å². The molecule has 6 rings (SSSR count). The lowest BCUT2D eigenvalue weighted by molar-refractivity contribution is -0.384. The van der Waals surface area contributed by atoms with Crippen molar-refractivity contribution in [3.8, 4) is 22.9 Å². The molecule has 2 aromatic heterocycles. The first-order chi connectivity index (χ1) is 17.0. The lowest BCUT2D eigenvalue weighted by Gasteiger charge is -2.34. The fourth-order valence-corrected chi connectivity index (χ4v) is 5.06. The first-order valence-corrected chi connectivity index (χ1v) is 12.1. The summed E-state index contributed by atoms with van der Waals surface area (Å²) in [6.45, 7) is 6.50. The maximum absolute atomic E-state index is 11.5. The molecule has 1 spiro atoms. The lowest BCUT2D eigenvalue weighted by atomic mass is 9.93. The molecule has 0 radical (unpaired) electrons. The molecule has 2 aliphatic heterocycles. The molecule has 3 fully saturated rings. The van der Waals surface area contributed by atoms with Gasteiger partial charge in [-0.1, -0.05) is 0 Å². The number of hydrogen-bond acceptors (Lipinski definition) is 9. The smallest absolute Gasteiger partial charge is 0.271 e. The van der Waals surface area contributed by atoms with Crippen LogP contribution in [0.25, 0.3) is 22.9 Å². The van der Waals surface area contributed by atoms with Crippen LogP contribution in [0.5, 0.6) is 0 Å². The summed E-state index contributed by atoms with van der Waals surface area (Å²) < 4.78 is 5.45. The van der Waals surface area contributed by atoms with Crippen LogP contribution in [-0.2, 0) is 4.74 Å². The minimum absolute atomic E-state index is 0.0767. The van der Waals surface area contributed by atoms with Gasteiger partial charge in [-0.05, 0) is 50.2 Å². The fraction of sp³-hybridized carbons (Fsp3) is 0.500. The van der Waals surface area contributed by atoms with Gasteiger partial charge in [0.2, 0.25) is 5.95 Å². The van der Waals surface area contributed by atoms with E-state index in [4.69, 9.17) is 14.7 Å². The number of aryl methyl sites for hydroxylation is 1. The van der Waals surface area contributed by atoms with Gasteiger partial charge in [-0.2, -0.15) is 5.10 Å². The monoisotopic (exact) mass is 476 g/mol. The second kappa shape index (κ2) is 8.56. The van der Waals surface area contributed by atoms with Gasteiger partial charge in [0, 0.05) is 49.6 Å².